The number of barbiturate groups is 1. The van der Waals surface area contributed by atoms with Crippen LogP contribution in [0.3, 0.4) is 0 Å². The minimum Gasteiger partial charge on any atom is -0.457 e. The number of carbonyl (C=O) groups excluding carboxylic acids is 3. The van der Waals surface area contributed by atoms with Crippen molar-refractivity contribution < 1.29 is 23.7 Å². The van der Waals surface area contributed by atoms with E-state index < -0.39 is 22.8 Å². The van der Waals surface area contributed by atoms with Crippen LogP contribution in [0.1, 0.15) is 16.9 Å². The number of anilines is 1. The van der Waals surface area contributed by atoms with Gasteiger partial charge >= 0.3 is 6.03 Å². The lowest BCUT2D eigenvalue weighted by molar-refractivity contribution is -0.385. The quantitative estimate of drug-likeness (QED) is 0.287. The van der Waals surface area contributed by atoms with Crippen LogP contribution in [0.15, 0.2) is 64.6 Å². The Balaban J connectivity index is 1.67. The topological polar surface area (TPSA) is 123 Å². The summed E-state index contributed by atoms with van der Waals surface area (Å²) in [5.41, 5.74) is 1.93. The van der Waals surface area contributed by atoms with Gasteiger partial charge in [0.15, 0.2) is 0 Å². The van der Waals surface area contributed by atoms with Gasteiger partial charge in [0.2, 0.25) is 0 Å². The number of nitro groups is 1. The van der Waals surface area contributed by atoms with Crippen molar-refractivity contribution >= 4 is 35.3 Å². The van der Waals surface area contributed by atoms with Crippen LogP contribution < -0.4 is 10.2 Å². The second-order valence-corrected chi connectivity index (χ2v) is 7.25. The predicted molar refractivity (Wildman–Crippen MR) is 116 cm³/mol. The van der Waals surface area contributed by atoms with E-state index in [4.69, 9.17) is 4.42 Å². The van der Waals surface area contributed by atoms with Gasteiger partial charge in [-0.1, -0.05) is 29.8 Å². The molecule has 0 aliphatic carbocycles. The highest BCUT2D eigenvalue weighted by atomic mass is 16.6. The Hall–Kier alpha value is -4.53. The van der Waals surface area contributed by atoms with Crippen molar-refractivity contribution in [3.8, 4) is 11.3 Å². The zero-order chi connectivity index (χ0) is 23.0. The Labute approximate surface area is 182 Å². The summed E-state index contributed by atoms with van der Waals surface area (Å²) < 4.78 is 5.69. The van der Waals surface area contributed by atoms with Crippen LogP contribution in [-0.2, 0) is 9.59 Å². The summed E-state index contributed by atoms with van der Waals surface area (Å²) in [6.45, 7) is 3.50. The van der Waals surface area contributed by atoms with Gasteiger partial charge in [-0.2, -0.15) is 0 Å². The molecule has 4 amide bonds. The van der Waals surface area contributed by atoms with E-state index in [9.17, 15) is 24.5 Å². The first-order chi connectivity index (χ1) is 15.2. The molecule has 2 aromatic carbocycles. The largest absolute Gasteiger partial charge is 0.457 e. The van der Waals surface area contributed by atoms with E-state index >= 15 is 0 Å². The van der Waals surface area contributed by atoms with Gasteiger partial charge in [-0.3, -0.25) is 25.0 Å². The Kier molecular flexibility index (Phi) is 5.15. The third-order valence-corrected chi connectivity index (χ3v) is 5.00. The van der Waals surface area contributed by atoms with Gasteiger partial charge in [0, 0.05) is 17.2 Å². The average molecular weight is 431 g/mol. The number of hydrogen-bond acceptors (Lipinski definition) is 6. The molecule has 1 aliphatic rings. The summed E-state index contributed by atoms with van der Waals surface area (Å²) in [5.74, 6) is -1.12. The molecule has 0 saturated carbocycles. The Morgan fingerprint density at radius 1 is 1.00 bits per heavy atom. The van der Waals surface area contributed by atoms with Gasteiger partial charge in [-0.05, 0) is 44.2 Å². The fourth-order valence-corrected chi connectivity index (χ4v) is 3.27. The second-order valence-electron chi connectivity index (χ2n) is 7.25. The number of nitrogens with zero attached hydrogens (tertiary/aromatic N) is 2. The van der Waals surface area contributed by atoms with Gasteiger partial charge in [0.05, 0.1) is 10.6 Å². The average Bonchev–Trinajstić information content (AvgIpc) is 3.21. The van der Waals surface area contributed by atoms with Crippen LogP contribution in [-0.4, -0.2) is 22.8 Å². The van der Waals surface area contributed by atoms with E-state index in [0.29, 0.717) is 22.6 Å². The fourth-order valence-electron chi connectivity index (χ4n) is 3.27. The highest BCUT2D eigenvalue weighted by Gasteiger charge is 2.37. The number of urea groups is 1. The SMILES string of the molecule is Cc1ccc(N2C(=O)NC(=O)C(=Cc3ccc(-c4ccc(C)c([N+](=O)[O-])c4)o3)C2=O)cc1. The molecule has 1 fully saturated rings. The van der Waals surface area contributed by atoms with Gasteiger partial charge < -0.3 is 4.42 Å². The Morgan fingerprint density at radius 2 is 1.72 bits per heavy atom. The smallest absolute Gasteiger partial charge is 0.335 e. The number of nitro benzene ring substituents is 1. The lowest BCUT2D eigenvalue weighted by Gasteiger charge is -2.26. The molecular formula is C23H17N3O6. The van der Waals surface area contributed by atoms with E-state index in [1.807, 2.05) is 6.92 Å². The molecule has 1 N–H and O–H groups in total. The third kappa shape index (κ3) is 3.79. The second kappa shape index (κ2) is 7.95. The van der Waals surface area contributed by atoms with Crippen LogP contribution in [0.2, 0.25) is 0 Å². The first kappa shape index (κ1) is 20.7. The van der Waals surface area contributed by atoms with E-state index in [-0.39, 0.29) is 17.0 Å². The predicted octanol–water partition coefficient (Wildman–Crippen LogP) is 4.14. The number of furan rings is 1. The Bertz CT molecular complexity index is 1300. The molecule has 9 nitrogen and oxygen atoms in total. The molecule has 2 heterocycles. The van der Waals surface area contributed by atoms with Crippen molar-refractivity contribution in [1.29, 1.82) is 0 Å². The van der Waals surface area contributed by atoms with Crippen molar-refractivity contribution in [3.63, 3.8) is 0 Å². The highest BCUT2D eigenvalue weighted by molar-refractivity contribution is 6.39. The van der Waals surface area contributed by atoms with Gasteiger partial charge in [0.1, 0.15) is 17.1 Å². The minimum atomic E-state index is -0.840. The molecule has 0 atom stereocenters. The first-order valence-corrected chi connectivity index (χ1v) is 9.58. The minimum absolute atomic E-state index is 0.0482. The molecule has 1 aromatic heterocycles. The molecule has 0 radical (unpaired) electrons. The zero-order valence-corrected chi connectivity index (χ0v) is 17.1. The van der Waals surface area contributed by atoms with E-state index in [1.165, 1.54) is 18.2 Å². The molecule has 1 aliphatic heterocycles. The fraction of sp³-hybridized carbons (Fsp3) is 0.0870. The molecular weight excluding hydrogens is 414 g/mol. The molecule has 1 saturated heterocycles. The van der Waals surface area contributed by atoms with Crippen LogP contribution >= 0.6 is 0 Å². The third-order valence-electron chi connectivity index (χ3n) is 5.00. The van der Waals surface area contributed by atoms with Gasteiger partial charge in [0.25, 0.3) is 17.5 Å². The number of carbonyl (C=O) groups is 3. The van der Waals surface area contributed by atoms with Crippen molar-refractivity contribution in [3.05, 3.63) is 87.2 Å². The van der Waals surface area contributed by atoms with Crippen LogP contribution in [0.4, 0.5) is 16.2 Å². The molecule has 0 spiro atoms. The van der Waals surface area contributed by atoms with E-state index in [1.54, 1.807) is 49.4 Å². The molecule has 0 unspecified atom stereocenters. The van der Waals surface area contributed by atoms with Gasteiger partial charge in [-0.25, -0.2) is 9.69 Å². The van der Waals surface area contributed by atoms with Crippen molar-refractivity contribution in [2.75, 3.05) is 4.90 Å². The van der Waals surface area contributed by atoms with Crippen molar-refractivity contribution in [2.45, 2.75) is 13.8 Å². The van der Waals surface area contributed by atoms with Crippen LogP contribution in [0, 0.1) is 24.0 Å². The molecule has 160 valence electrons. The van der Waals surface area contributed by atoms with E-state index in [0.717, 1.165) is 10.5 Å². The number of benzene rings is 2. The Morgan fingerprint density at radius 3 is 2.41 bits per heavy atom. The molecule has 3 aromatic rings. The first-order valence-electron chi connectivity index (χ1n) is 9.58. The highest BCUT2D eigenvalue weighted by Crippen LogP contribution is 2.29. The van der Waals surface area contributed by atoms with Crippen LogP contribution in [0.5, 0.6) is 0 Å². The van der Waals surface area contributed by atoms with Crippen LogP contribution in [0.25, 0.3) is 17.4 Å². The lowest BCUT2D eigenvalue weighted by atomic mass is 10.1. The van der Waals surface area contributed by atoms with Crippen molar-refractivity contribution in [1.82, 2.24) is 5.32 Å². The maximum Gasteiger partial charge on any atom is 0.335 e. The standard InChI is InChI=1S/C23H17N3O6/c1-13-3-7-16(8-4-13)25-22(28)18(21(27)24-23(25)29)12-17-9-10-20(32-17)15-6-5-14(2)19(11-15)26(30)31/h3-12H,1-2H3,(H,24,27,29). The maximum absolute atomic E-state index is 12.9. The summed E-state index contributed by atoms with van der Waals surface area (Å²) in [4.78, 5) is 49.1. The summed E-state index contributed by atoms with van der Waals surface area (Å²) in [6, 6.07) is 13.6. The molecule has 9 heteroatoms. The summed E-state index contributed by atoms with van der Waals surface area (Å²) in [5, 5.41) is 13.3. The summed E-state index contributed by atoms with van der Waals surface area (Å²) >= 11 is 0. The number of aryl methyl sites for hydroxylation is 2. The molecule has 32 heavy (non-hydrogen) atoms. The summed E-state index contributed by atoms with van der Waals surface area (Å²) in [6.07, 6.45) is 1.23. The zero-order valence-electron chi connectivity index (χ0n) is 17.1. The molecule has 4 rings (SSSR count). The number of nitrogens with one attached hydrogen (secondary N) is 1. The monoisotopic (exact) mass is 431 g/mol. The number of imide groups is 2. The van der Waals surface area contributed by atoms with Crippen molar-refractivity contribution in [2.24, 2.45) is 0 Å². The lowest BCUT2D eigenvalue weighted by Crippen LogP contribution is -2.54. The number of amides is 4. The molecule has 0 bridgehead atoms. The normalized spacial score (nSPS) is 15.2. The van der Waals surface area contributed by atoms with Gasteiger partial charge in [-0.15, -0.1) is 0 Å². The number of rotatable bonds is 4. The maximum atomic E-state index is 12.9. The summed E-state index contributed by atoms with van der Waals surface area (Å²) in [7, 11) is 0. The van der Waals surface area contributed by atoms with E-state index in [2.05, 4.69) is 5.32 Å². The number of hydrogen-bond donors (Lipinski definition) is 1.